The molecule has 0 aliphatic carbocycles. The molecule has 0 saturated heterocycles. The molecule has 0 N–H and O–H groups in total. The van der Waals surface area contributed by atoms with Crippen molar-refractivity contribution in [1.82, 2.24) is 0 Å². The van der Waals surface area contributed by atoms with Gasteiger partial charge in [-0.2, -0.15) is 0 Å². The molecule has 0 spiro atoms. The van der Waals surface area contributed by atoms with Crippen molar-refractivity contribution < 1.29 is 31.5 Å². The van der Waals surface area contributed by atoms with Crippen LogP contribution in [0.5, 0.6) is 0 Å². The van der Waals surface area contributed by atoms with E-state index in [1.165, 1.54) is 18.2 Å². The molecule has 0 bridgehead atoms. The predicted molar refractivity (Wildman–Crippen MR) is 153 cm³/mol. The number of hydrogen-bond donors (Lipinski definition) is 0. The zero-order valence-electron chi connectivity index (χ0n) is 23.8. The molecule has 0 amide bonds. The van der Waals surface area contributed by atoms with Crippen molar-refractivity contribution in [2.75, 3.05) is 37.9 Å². The molecule has 0 aliphatic heterocycles. The van der Waals surface area contributed by atoms with Gasteiger partial charge in [-0.05, 0) is 0 Å². The summed E-state index contributed by atoms with van der Waals surface area (Å²) in [6, 6.07) is 3.86. The van der Waals surface area contributed by atoms with Crippen LogP contribution in [0, 0.1) is 0 Å². The van der Waals surface area contributed by atoms with E-state index in [1.54, 1.807) is 0 Å². The summed E-state index contributed by atoms with van der Waals surface area (Å²) < 4.78 is 44.1. The Morgan fingerprint density at radius 2 is 1.05 bits per heavy atom. The van der Waals surface area contributed by atoms with Gasteiger partial charge in [-0.3, -0.25) is 0 Å². The van der Waals surface area contributed by atoms with Crippen LogP contribution < -0.4 is 0 Å². The molecule has 1 rings (SSSR count). The third-order valence-corrected chi connectivity index (χ3v) is 17.3. The summed E-state index contributed by atoms with van der Waals surface area (Å²) in [5.74, 6) is -1.33. The van der Waals surface area contributed by atoms with E-state index in [-0.39, 0.29) is 29.2 Å². The van der Waals surface area contributed by atoms with Gasteiger partial charge in [0, 0.05) is 0 Å². The van der Waals surface area contributed by atoms with Gasteiger partial charge in [-0.25, -0.2) is 0 Å². The number of ether oxygens (including phenoxy) is 2. The maximum absolute atomic E-state index is 13.6. The molecule has 0 aromatic heterocycles. The molecule has 7 nitrogen and oxygen atoms in total. The number of carbonyl (C=O) groups is 2. The van der Waals surface area contributed by atoms with Gasteiger partial charge >= 0.3 is 211 Å². The van der Waals surface area contributed by atoms with Crippen LogP contribution in [0.2, 0.25) is 0 Å². The van der Waals surface area contributed by atoms with Crippen LogP contribution in [0.4, 0.5) is 0 Å². The van der Waals surface area contributed by atoms with Crippen LogP contribution in [0.3, 0.4) is 0 Å². The van der Waals surface area contributed by atoms with E-state index in [9.17, 15) is 18.0 Å². The molecule has 0 radical (unpaired) electrons. The third kappa shape index (κ3) is 9.63. The summed E-state index contributed by atoms with van der Waals surface area (Å²) in [4.78, 5) is 25.5. The Balaban J connectivity index is 3.34. The summed E-state index contributed by atoms with van der Waals surface area (Å²) >= 11 is 0. The fourth-order valence-corrected chi connectivity index (χ4v) is 11.9. The number of rotatable bonds is 19. The molecule has 0 fully saturated rings. The second-order valence-electron chi connectivity index (χ2n) is 9.79. The zero-order valence-corrected chi connectivity index (χ0v) is 25.6. The number of esters is 2. The van der Waals surface area contributed by atoms with Gasteiger partial charge in [0.1, 0.15) is 0 Å². The quantitative estimate of drug-likeness (QED) is 0.0987. The number of hydrogen-bond acceptors (Lipinski definition) is 7. The normalized spacial score (nSPS) is 13.1. The summed E-state index contributed by atoms with van der Waals surface area (Å²) in [6.45, 7) is 9.51. The average Bonchev–Trinajstić information content (AvgIpc) is 2.91. The predicted octanol–water partition coefficient (Wildman–Crippen LogP) is 7.41. The van der Waals surface area contributed by atoms with Crippen LogP contribution in [-0.2, 0) is 23.6 Å². The molecule has 0 aliphatic rings. The Labute approximate surface area is 225 Å². The van der Waals surface area contributed by atoms with Gasteiger partial charge in [-0.1, -0.05) is 13.8 Å². The Morgan fingerprint density at radius 3 is 1.41 bits per heavy atom. The third-order valence-electron chi connectivity index (χ3n) is 7.64. The maximum atomic E-state index is 13.6. The van der Waals surface area contributed by atoms with E-state index in [1.807, 2.05) is 27.7 Å². The van der Waals surface area contributed by atoms with Crippen LogP contribution in [0.25, 0.3) is 0 Å². The van der Waals surface area contributed by atoms with E-state index >= 15 is 0 Å². The fourth-order valence-electron chi connectivity index (χ4n) is 4.41. The second-order valence-corrected chi connectivity index (χ2v) is 18.0. The first-order valence-corrected chi connectivity index (χ1v) is 18.3. The van der Waals surface area contributed by atoms with Gasteiger partial charge in [0.25, 0.3) is 0 Å². The fraction of sp³-hybridized carbons (Fsp3) is 0.714. The number of benzene rings is 1. The summed E-state index contributed by atoms with van der Waals surface area (Å²) in [5.41, 5.74) is -0.00109. The zero-order chi connectivity index (χ0) is 28.0. The Morgan fingerprint density at radius 1 is 0.649 bits per heavy atom. The van der Waals surface area contributed by atoms with E-state index in [0.29, 0.717) is 24.6 Å². The molecule has 1 aromatic carbocycles. The van der Waals surface area contributed by atoms with Gasteiger partial charge in [0.05, 0.1) is 0 Å². The van der Waals surface area contributed by atoms with E-state index in [0.717, 1.165) is 51.4 Å². The first kappa shape index (κ1) is 33.5. The van der Waals surface area contributed by atoms with Gasteiger partial charge in [0.15, 0.2) is 0 Å². The van der Waals surface area contributed by atoms with Crippen LogP contribution in [0.15, 0.2) is 23.1 Å². The molecular weight excluding hydrogens is 511 g/mol. The average molecular weight is 561 g/mol. The van der Waals surface area contributed by atoms with Crippen molar-refractivity contribution >= 4 is 28.9 Å². The van der Waals surface area contributed by atoms with Crippen LogP contribution in [0.1, 0.15) is 114 Å². The van der Waals surface area contributed by atoms with E-state index in [4.69, 9.17) is 13.4 Å². The van der Waals surface area contributed by atoms with Gasteiger partial charge in [-0.15, -0.1) is 0 Å². The van der Waals surface area contributed by atoms with Crippen molar-refractivity contribution in [3.05, 3.63) is 29.3 Å². The SMILES string of the molecule is CCCCCCOC(=O)c1cc(C(=O)OCCCCCC)cc(S(=O)(=O)OP(CC)(CC)(CC)CC)c1. The molecule has 1 aromatic rings. The summed E-state index contributed by atoms with van der Waals surface area (Å²) in [7, 11) is -4.26. The van der Waals surface area contributed by atoms with Gasteiger partial charge in [0.2, 0.25) is 0 Å². The summed E-state index contributed by atoms with van der Waals surface area (Å²) in [5, 5.41) is 0. The van der Waals surface area contributed by atoms with Gasteiger partial charge < -0.3 is 0 Å². The van der Waals surface area contributed by atoms with E-state index < -0.39 is 28.9 Å². The Hall–Kier alpha value is -1.50. The first-order valence-electron chi connectivity index (χ1n) is 14.0. The monoisotopic (exact) mass is 560 g/mol. The van der Waals surface area contributed by atoms with Crippen molar-refractivity contribution in [3.8, 4) is 0 Å². The standard InChI is InChI=1S/C28H49O7PS/c1-7-13-15-17-19-33-27(29)24-21-25(28(30)34-20-18-16-14-8-2)23-26(22-24)37(31,32)35-36(9-3,10-4,11-5)12-6/h21-23H,7-20H2,1-6H3. The molecular formula is C28H49O7PS. The molecule has 0 atom stereocenters. The van der Waals surface area contributed by atoms with Crippen molar-refractivity contribution in [3.63, 3.8) is 0 Å². The Bertz CT molecular complexity index is 903. The second kappa shape index (κ2) is 15.8. The topological polar surface area (TPSA) is 96.0 Å². The number of carbonyl (C=O) groups excluding carboxylic acids is 2. The summed E-state index contributed by atoms with van der Waals surface area (Å²) in [6.07, 6.45) is 10.1. The molecule has 0 unspecified atom stereocenters. The van der Waals surface area contributed by atoms with Crippen LogP contribution in [-0.4, -0.2) is 58.2 Å². The molecule has 214 valence electrons. The van der Waals surface area contributed by atoms with Crippen molar-refractivity contribution in [2.45, 2.75) is 97.8 Å². The molecule has 37 heavy (non-hydrogen) atoms. The van der Waals surface area contributed by atoms with Crippen molar-refractivity contribution in [1.29, 1.82) is 0 Å². The first-order chi connectivity index (χ1) is 17.6. The number of unbranched alkanes of at least 4 members (excludes halogenated alkanes) is 6. The van der Waals surface area contributed by atoms with Crippen LogP contribution >= 0.6 is 6.83 Å². The van der Waals surface area contributed by atoms with Crippen molar-refractivity contribution in [2.24, 2.45) is 0 Å². The molecule has 9 heteroatoms. The molecule has 0 saturated carbocycles. The Kier molecular flexibility index (Phi) is 14.3. The molecule has 0 heterocycles. The minimum atomic E-state index is -4.26. The van der Waals surface area contributed by atoms with E-state index in [2.05, 4.69) is 13.8 Å². The minimum absolute atomic E-state index is 0.000546.